The molecule has 2 unspecified atom stereocenters. The molecule has 0 fully saturated rings. The highest BCUT2D eigenvalue weighted by Gasteiger charge is 2.26. The lowest BCUT2D eigenvalue weighted by Gasteiger charge is -2.19. The summed E-state index contributed by atoms with van der Waals surface area (Å²) in [5.74, 6) is -0.812. The van der Waals surface area contributed by atoms with Crippen molar-refractivity contribution < 1.29 is 37.6 Å². The Bertz CT molecular complexity index is 1310. The molecule has 0 aromatic rings. The lowest BCUT2D eigenvalue weighted by Crippen LogP contribution is -2.29. The number of carbonyl (C=O) groups excluding carboxylic acids is 2. The van der Waals surface area contributed by atoms with Gasteiger partial charge in [-0.15, -0.1) is 0 Å². The van der Waals surface area contributed by atoms with Gasteiger partial charge in [-0.05, 0) is 51.4 Å². The third-order valence-corrected chi connectivity index (χ3v) is 15.3. The number of hydrogen-bond donors (Lipinski definition) is 2. The van der Waals surface area contributed by atoms with Crippen molar-refractivity contribution in [1.29, 1.82) is 0 Å². The average Bonchev–Trinajstić information content (AvgIpc) is 3.39. The highest BCUT2D eigenvalue weighted by Crippen LogP contribution is 2.43. The van der Waals surface area contributed by atoms with E-state index in [9.17, 15) is 19.0 Å². The number of allylic oxidation sites excluding steroid dienone is 6. The normalized spacial score (nSPS) is 13.2. The van der Waals surface area contributed by atoms with E-state index in [1.807, 2.05) is 0 Å². The minimum atomic E-state index is -4.39. The Morgan fingerprint density at radius 1 is 0.405 bits per heavy atom. The van der Waals surface area contributed by atoms with Gasteiger partial charge in [0, 0.05) is 19.4 Å². The van der Waals surface area contributed by atoms with Crippen molar-refractivity contribution in [2.45, 2.75) is 335 Å². The summed E-state index contributed by atoms with van der Waals surface area (Å²) < 4.78 is 33.1. The zero-order valence-electron chi connectivity index (χ0n) is 48.8. The SMILES string of the molecule is CCCCCCC/C=C\C/C=C\C/C=C\CCCCCCCCCCCCCCC(=O)OC(COC(=O)CCCCCCCCCCCCCCCCCCCCCCCCCCCC)COP(=O)(O)OCCN. The Kier molecular flexibility index (Phi) is 59.0. The molecule has 0 aromatic carbocycles. The first-order chi connectivity index (χ1) is 36.3. The minimum absolute atomic E-state index is 0.0547. The second-order valence-corrected chi connectivity index (χ2v) is 23.1. The Balaban J connectivity index is 3.90. The zero-order chi connectivity index (χ0) is 53.8. The summed E-state index contributed by atoms with van der Waals surface area (Å²) in [6.07, 6.45) is 73.6. The number of unbranched alkanes of at least 4 members (excludes halogenated alkanes) is 42. The highest BCUT2D eigenvalue weighted by molar-refractivity contribution is 7.47. The molecule has 0 amide bonds. The second kappa shape index (κ2) is 60.5. The van der Waals surface area contributed by atoms with Crippen molar-refractivity contribution in [1.82, 2.24) is 0 Å². The fourth-order valence-corrected chi connectivity index (χ4v) is 10.3. The summed E-state index contributed by atoms with van der Waals surface area (Å²) in [5, 5.41) is 0. The first-order valence-corrected chi connectivity index (χ1v) is 33.5. The summed E-state index contributed by atoms with van der Waals surface area (Å²) >= 11 is 0. The van der Waals surface area contributed by atoms with E-state index in [0.29, 0.717) is 6.42 Å². The molecule has 0 aromatic heterocycles. The van der Waals surface area contributed by atoms with E-state index in [0.717, 1.165) is 51.4 Å². The molecule has 74 heavy (non-hydrogen) atoms. The zero-order valence-corrected chi connectivity index (χ0v) is 49.7. The van der Waals surface area contributed by atoms with Crippen molar-refractivity contribution >= 4 is 19.8 Å². The molecule has 0 aliphatic heterocycles. The van der Waals surface area contributed by atoms with Gasteiger partial charge in [0.15, 0.2) is 6.10 Å². The van der Waals surface area contributed by atoms with Crippen LogP contribution in [0.25, 0.3) is 0 Å². The van der Waals surface area contributed by atoms with Crippen LogP contribution in [0.3, 0.4) is 0 Å². The standard InChI is InChI=1S/C64H122NO8P/c1-3-5-7-9-11-13-15-17-19-21-23-25-27-29-31-33-35-37-39-41-43-45-47-49-51-53-55-57-64(67)73-62(61-72-74(68,69)71-59-58-65)60-70-63(66)56-54-52-50-48-46-44-42-40-38-36-34-32-30-28-26-24-22-20-18-16-14-12-10-8-6-4-2/h15,17,21,23,27,29,62H,3-14,16,18-20,22,24-26,28,30-61,65H2,1-2H3,(H,68,69)/b17-15-,23-21-,29-27-. The molecule has 0 spiro atoms. The summed E-state index contributed by atoms with van der Waals surface area (Å²) in [5.41, 5.74) is 5.39. The maximum Gasteiger partial charge on any atom is 0.472 e. The molecule has 9 nitrogen and oxygen atoms in total. The van der Waals surface area contributed by atoms with E-state index in [2.05, 4.69) is 50.3 Å². The van der Waals surface area contributed by atoms with Crippen molar-refractivity contribution in [3.05, 3.63) is 36.5 Å². The Morgan fingerprint density at radius 3 is 1.04 bits per heavy atom. The van der Waals surface area contributed by atoms with Crippen LogP contribution in [0, 0.1) is 0 Å². The van der Waals surface area contributed by atoms with Crippen LogP contribution in [0.4, 0.5) is 0 Å². The van der Waals surface area contributed by atoms with Gasteiger partial charge in [0.2, 0.25) is 0 Å². The predicted molar refractivity (Wildman–Crippen MR) is 317 cm³/mol. The van der Waals surface area contributed by atoms with Gasteiger partial charge in [-0.25, -0.2) is 4.57 Å². The molecular formula is C64H122NO8P. The van der Waals surface area contributed by atoms with Gasteiger partial charge in [0.05, 0.1) is 13.2 Å². The van der Waals surface area contributed by atoms with E-state index < -0.39 is 26.5 Å². The highest BCUT2D eigenvalue weighted by atomic mass is 31.2. The summed E-state index contributed by atoms with van der Waals surface area (Å²) in [4.78, 5) is 35.3. The van der Waals surface area contributed by atoms with E-state index in [-0.39, 0.29) is 38.6 Å². The quantitative estimate of drug-likeness (QED) is 0.0264. The van der Waals surface area contributed by atoms with Crippen LogP contribution >= 0.6 is 7.82 Å². The number of nitrogens with two attached hydrogens (primary N) is 1. The van der Waals surface area contributed by atoms with Gasteiger partial charge in [0.1, 0.15) is 6.61 Å². The lowest BCUT2D eigenvalue weighted by atomic mass is 10.0. The summed E-state index contributed by atoms with van der Waals surface area (Å²) in [6, 6.07) is 0. The van der Waals surface area contributed by atoms with Crippen molar-refractivity contribution in [3.8, 4) is 0 Å². The maximum absolute atomic E-state index is 12.7. The first-order valence-electron chi connectivity index (χ1n) is 32.0. The van der Waals surface area contributed by atoms with Crippen molar-refractivity contribution in [2.75, 3.05) is 26.4 Å². The number of rotatable bonds is 61. The third-order valence-electron chi connectivity index (χ3n) is 14.3. The molecule has 0 aliphatic rings. The van der Waals surface area contributed by atoms with Gasteiger partial charge < -0.3 is 20.1 Å². The fourth-order valence-electron chi connectivity index (χ4n) is 9.53. The number of phosphoric ester groups is 1. The second-order valence-electron chi connectivity index (χ2n) is 21.6. The largest absolute Gasteiger partial charge is 0.472 e. The molecule has 0 aliphatic carbocycles. The number of ether oxygens (including phenoxy) is 2. The van der Waals surface area contributed by atoms with Crippen molar-refractivity contribution in [2.24, 2.45) is 5.73 Å². The van der Waals surface area contributed by atoms with Crippen LogP contribution in [-0.4, -0.2) is 49.3 Å². The van der Waals surface area contributed by atoms with Crippen LogP contribution in [0.15, 0.2) is 36.5 Å². The van der Waals surface area contributed by atoms with Gasteiger partial charge in [0.25, 0.3) is 0 Å². The average molecular weight is 1060 g/mol. The Labute approximate surface area is 458 Å². The Morgan fingerprint density at radius 2 is 0.703 bits per heavy atom. The molecule has 0 rings (SSSR count). The van der Waals surface area contributed by atoms with Crippen LogP contribution in [0.2, 0.25) is 0 Å². The number of phosphoric acid groups is 1. The molecule has 0 radical (unpaired) electrons. The minimum Gasteiger partial charge on any atom is -0.462 e. The molecular weight excluding hydrogens is 942 g/mol. The van der Waals surface area contributed by atoms with E-state index >= 15 is 0 Å². The molecule has 0 saturated carbocycles. The lowest BCUT2D eigenvalue weighted by molar-refractivity contribution is -0.161. The summed E-state index contributed by atoms with van der Waals surface area (Å²) in [6.45, 7) is 3.79. The van der Waals surface area contributed by atoms with Gasteiger partial charge in [-0.2, -0.15) is 0 Å². The van der Waals surface area contributed by atoms with E-state index in [1.165, 1.54) is 244 Å². The number of hydrogen-bond acceptors (Lipinski definition) is 8. The van der Waals surface area contributed by atoms with E-state index in [4.69, 9.17) is 24.3 Å². The van der Waals surface area contributed by atoms with Crippen LogP contribution < -0.4 is 5.73 Å². The molecule has 436 valence electrons. The molecule has 0 saturated heterocycles. The maximum atomic E-state index is 12.7. The number of esters is 2. The molecule has 0 heterocycles. The molecule has 2 atom stereocenters. The van der Waals surface area contributed by atoms with E-state index in [1.54, 1.807) is 0 Å². The van der Waals surface area contributed by atoms with Crippen molar-refractivity contribution in [3.63, 3.8) is 0 Å². The third kappa shape index (κ3) is 59.5. The monoisotopic (exact) mass is 1060 g/mol. The first kappa shape index (κ1) is 72.2. The van der Waals surface area contributed by atoms with Crippen LogP contribution in [0.1, 0.15) is 328 Å². The van der Waals surface area contributed by atoms with Gasteiger partial charge in [-0.1, -0.05) is 301 Å². The van der Waals surface area contributed by atoms with Crippen LogP contribution in [-0.2, 0) is 32.7 Å². The fraction of sp³-hybridized carbons (Fsp3) is 0.875. The predicted octanol–water partition coefficient (Wildman–Crippen LogP) is 20.4. The van der Waals surface area contributed by atoms with Gasteiger partial charge in [-0.3, -0.25) is 18.6 Å². The smallest absolute Gasteiger partial charge is 0.462 e. The molecule has 3 N–H and O–H groups in total. The number of carbonyl (C=O) groups is 2. The van der Waals surface area contributed by atoms with Gasteiger partial charge >= 0.3 is 19.8 Å². The summed E-state index contributed by atoms with van der Waals surface area (Å²) in [7, 11) is -4.39. The molecule has 0 bridgehead atoms. The van der Waals surface area contributed by atoms with Crippen LogP contribution in [0.5, 0.6) is 0 Å². The Hall–Kier alpha value is -1.77. The topological polar surface area (TPSA) is 134 Å². The molecule has 10 heteroatoms.